The average molecular weight is 653 g/mol. The zero-order valence-electron chi connectivity index (χ0n) is 28.5. The van der Waals surface area contributed by atoms with Gasteiger partial charge in [0.25, 0.3) is 0 Å². The predicted octanol–water partition coefficient (Wildman–Crippen LogP) is 10.7. The molecule has 0 saturated heterocycles. The van der Waals surface area contributed by atoms with Gasteiger partial charge < -0.3 is 18.9 Å². The lowest BCUT2D eigenvalue weighted by molar-refractivity contribution is 0.163. The number of hydrogen-bond donors (Lipinski definition) is 0. The first kappa shape index (κ1) is 30.1. The summed E-state index contributed by atoms with van der Waals surface area (Å²) in [6.07, 6.45) is 4.53. The largest absolute Gasteiger partial charge is 0.497 e. The summed E-state index contributed by atoms with van der Waals surface area (Å²) in [7, 11) is 5.14. The van der Waals surface area contributed by atoms with E-state index < -0.39 is 11.0 Å². The monoisotopic (exact) mass is 652 g/mol. The highest BCUT2D eigenvalue weighted by atomic mass is 16.5. The number of benzene rings is 7. The molecule has 1 heterocycles. The molecule has 4 heteroatoms. The molecule has 0 N–H and O–H groups in total. The number of ether oxygens (including phenoxy) is 4. The van der Waals surface area contributed by atoms with Crippen LogP contribution in [0, 0.1) is 0 Å². The van der Waals surface area contributed by atoms with Crippen molar-refractivity contribution in [3.8, 4) is 34.1 Å². The van der Waals surface area contributed by atoms with E-state index >= 15 is 0 Å². The van der Waals surface area contributed by atoms with Crippen molar-refractivity contribution < 1.29 is 18.9 Å². The summed E-state index contributed by atoms with van der Waals surface area (Å²) < 4.78 is 24.5. The van der Waals surface area contributed by atoms with Crippen molar-refractivity contribution in [2.75, 3.05) is 21.3 Å². The number of fused-ring (bicyclic) bond motifs is 10. The van der Waals surface area contributed by atoms with E-state index in [0.29, 0.717) is 0 Å². The van der Waals surface area contributed by atoms with E-state index in [4.69, 9.17) is 18.9 Å². The third-order valence-electron chi connectivity index (χ3n) is 10.8. The van der Waals surface area contributed by atoms with Crippen LogP contribution in [0.1, 0.15) is 40.3 Å². The molecule has 244 valence electrons. The summed E-state index contributed by atoms with van der Waals surface area (Å²) >= 11 is 0. The quantitative estimate of drug-likeness (QED) is 0.179. The van der Waals surface area contributed by atoms with Crippen LogP contribution in [0.4, 0.5) is 0 Å². The van der Waals surface area contributed by atoms with E-state index in [1.165, 1.54) is 33.2 Å². The van der Waals surface area contributed by atoms with Crippen LogP contribution in [0.25, 0.3) is 38.7 Å². The Morgan fingerprint density at radius 3 is 1.94 bits per heavy atom. The van der Waals surface area contributed by atoms with Crippen LogP contribution in [-0.2, 0) is 11.0 Å². The second-order valence-electron chi connectivity index (χ2n) is 13.2. The standard InChI is InChI=1S/C46H36O4/c1-45(32-13-10-14-34(28-32)48-3)40-24-17-29-27-35(49-4)22-23-36(29)41(40)42-39-25-26-46(30-11-6-5-7-12-30,31-18-20-33(47-2)21-19-31)50-44(39)38-16-9-8-15-37(38)43(42)45/h5-28H,1-4H3. The van der Waals surface area contributed by atoms with Gasteiger partial charge in [-0.1, -0.05) is 97.1 Å². The van der Waals surface area contributed by atoms with Crippen molar-refractivity contribution >= 4 is 27.6 Å². The summed E-state index contributed by atoms with van der Waals surface area (Å²) in [5.74, 6) is 3.34. The molecule has 1 aliphatic heterocycles. The normalized spacial score (nSPS) is 18.6. The fourth-order valence-corrected chi connectivity index (χ4v) is 8.36. The lowest BCUT2D eigenvalue weighted by Gasteiger charge is -2.38. The van der Waals surface area contributed by atoms with Crippen LogP contribution in [0.15, 0.2) is 140 Å². The maximum Gasteiger partial charge on any atom is 0.178 e. The molecule has 0 saturated carbocycles. The molecule has 7 aromatic rings. The highest BCUT2D eigenvalue weighted by molar-refractivity contribution is 6.12. The highest BCUT2D eigenvalue weighted by Crippen LogP contribution is 2.61. The molecule has 0 amide bonds. The summed E-state index contributed by atoms with van der Waals surface area (Å²) in [6.45, 7) is 2.36. The molecular weight excluding hydrogens is 617 g/mol. The van der Waals surface area contributed by atoms with Crippen molar-refractivity contribution in [2.24, 2.45) is 0 Å². The van der Waals surface area contributed by atoms with E-state index in [1.807, 2.05) is 24.3 Å². The van der Waals surface area contributed by atoms with Gasteiger partial charge in [0, 0.05) is 27.5 Å². The third-order valence-corrected chi connectivity index (χ3v) is 10.8. The molecule has 50 heavy (non-hydrogen) atoms. The van der Waals surface area contributed by atoms with Gasteiger partial charge >= 0.3 is 0 Å². The topological polar surface area (TPSA) is 36.9 Å². The van der Waals surface area contributed by atoms with Gasteiger partial charge in [-0.3, -0.25) is 0 Å². The zero-order chi connectivity index (χ0) is 34.0. The van der Waals surface area contributed by atoms with Crippen molar-refractivity contribution in [3.05, 3.63) is 173 Å². The molecular formula is C46H36O4. The Morgan fingerprint density at radius 2 is 1.18 bits per heavy atom. The zero-order valence-corrected chi connectivity index (χ0v) is 28.5. The van der Waals surface area contributed by atoms with E-state index in [0.717, 1.165) is 55.8 Å². The number of rotatable bonds is 6. The molecule has 0 aromatic heterocycles. The van der Waals surface area contributed by atoms with Gasteiger partial charge in [0.15, 0.2) is 5.60 Å². The average Bonchev–Trinajstić information content (AvgIpc) is 3.47. The minimum atomic E-state index is -0.860. The first-order valence-corrected chi connectivity index (χ1v) is 16.9. The van der Waals surface area contributed by atoms with Crippen LogP contribution in [-0.4, -0.2) is 21.3 Å². The Labute approximate surface area is 292 Å². The van der Waals surface area contributed by atoms with Crippen LogP contribution in [0.3, 0.4) is 0 Å². The molecule has 2 unspecified atom stereocenters. The number of hydrogen-bond acceptors (Lipinski definition) is 4. The fraction of sp³-hybridized carbons (Fsp3) is 0.130. The molecule has 2 atom stereocenters. The Kier molecular flexibility index (Phi) is 6.79. The molecule has 9 rings (SSSR count). The van der Waals surface area contributed by atoms with Gasteiger partial charge in [0.1, 0.15) is 23.0 Å². The first-order valence-electron chi connectivity index (χ1n) is 16.9. The molecule has 0 spiro atoms. The van der Waals surface area contributed by atoms with E-state index in [1.54, 1.807) is 21.3 Å². The van der Waals surface area contributed by atoms with Gasteiger partial charge in [-0.25, -0.2) is 0 Å². The predicted molar refractivity (Wildman–Crippen MR) is 202 cm³/mol. The summed E-state index contributed by atoms with van der Waals surface area (Å²) in [4.78, 5) is 0. The van der Waals surface area contributed by atoms with Gasteiger partial charge in [0.2, 0.25) is 0 Å². The second kappa shape index (κ2) is 11.3. The van der Waals surface area contributed by atoms with Crippen LogP contribution in [0.5, 0.6) is 23.0 Å². The summed E-state index contributed by atoms with van der Waals surface area (Å²) in [5, 5.41) is 4.55. The second-order valence-corrected chi connectivity index (χ2v) is 13.2. The van der Waals surface area contributed by atoms with E-state index in [-0.39, 0.29) is 0 Å². The van der Waals surface area contributed by atoms with Crippen LogP contribution in [0.2, 0.25) is 0 Å². The summed E-state index contributed by atoms with van der Waals surface area (Å²) in [5.41, 5.74) is 7.91. The Bertz CT molecular complexity index is 2480. The van der Waals surface area contributed by atoms with Gasteiger partial charge in [-0.15, -0.1) is 0 Å². The SMILES string of the molecule is COc1ccc(C2(c3ccccc3)C=Cc3c4c(c5ccccc5c3O2)C(C)(c2cccc(OC)c2)c2ccc3cc(OC)ccc3c2-4)cc1. The van der Waals surface area contributed by atoms with Gasteiger partial charge in [-0.2, -0.15) is 0 Å². The van der Waals surface area contributed by atoms with Crippen molar-refractivity contribution in [1.82, 2.24) is 0 Å². The first-order chi connectivity index (χ1) is 24.5. The van der Waals surface area contributed by atoms with E-state index in [9.17, 15) is 0 Å². The summed E-state index contributed by atoms with van der Waals surface area (Å²) in [6, 6.07) is 46.8. The van der Waals surface area contributed by atoms with Crippen LogP contribution >= 0.6 is 0 Å². The minimum absolute atomic E-state index is 0.486. The maximum absolute atomic E-state index is 7.51. The maximum atomic E-state index is 7.51. The molecule has 4 nitrogen and oxygen atoms in total. The molecule has 7 aromatic carbocycles. The van der Waals surface area contributed by atoms with Gasteiger partial charge in [-0.05, 0) is 99.4 Å². The molecule has 0 fully saturated rings. The number of methoxy groups -OCH3 is 3. The Morgan fingerprint density at radius 1 is 0.520 bits per heavy atom. The minimum Gasteiger partial charge on any atom is -0.497 e. The smallest absolute Gasteiger partial charge is 0.178 e. The van der Waals surface area contributed by atoms with Crippen molar-refractivity contribution in [1.29, 1.82) is 0 Å². The Balaban J connectivity index is 1.40. The third kappa shape index (κ3) is 4.18. The highest BCUT2D eigenvalue weighted by Gasteiger charge is 2.47. The molecule has 1 aliphatic carbocycles. The van der Waals surface area contributed by atoms with Crippen molar-refractivity contribution in [2.45, 2.75) is 17.9 Å². The van der Waals surface area contributed by atoms with Gasteiger partial charge in [0.05, 0.1) is 21.3 Å². The lowest BCUT2D eigenvalue weighted by atomic mass is 9.72. The van der Waals surface area contributed by atoms with Crippen molar-refractivity contribution in [3.63, 3.8) is 0 Å². The van der Waals surface area contributed by atoms with Crippen LogP contribution < -0.4 is 18.9 Å². The molecule has 2 aliphatic rings. The molecule has 0 bridgehead atoms. The van der Waals surface area contributed by atoms with E-state index in [2.05, 4.69) is 128 Å². The Hall–Kier alpha value is -6.00. The molecule has 0 radical (unpaired) electrons. The lowest BCUT2D eigenvalue weighted by Crippen LogP contribution is -2.34. The fourth-order valence-electron chi connectivity index (χ4n) is 8.36.